The molecule has 0 fully saturated rings. The summed E-state index contributed by atoms with van der Waals surface area (Å²) >= 11 is 5.59. The van der Waals surface area contributed by atoms with Crippen LogP contribution in [0.4, 0.5) is 11.5 Å². The molecular weight excluding hydrogens is 164 g/mol. The number of hydrogen-bond donors (Lipinski definition) is 2. The highest BCUT2D eigenvalue weighted by Gasteiger charge is 2.08. The van der Waals surface area contributed by atoms with E-state index >= 15 is 0 Å². The minimum atomic E-state index is 0.278. The number of fused-ring (bicyclic) bond motifs is 1. The van der Waals surface area contributed by atoms with E-state index in [4.69, 9.17) is 11.6 Å². The summed E-state index contributed by atoms with van der Waals surface area (Å²) in [5, 5.41) is 6.53. The summed E-state index contributed by atoms with van der Waals surface area (Å²) in [4.78, 5) is 7.84. The van der Waals surface area contributed by atoms with E-state index in [1.165, 1.54) is 0 Å². The van der Waals surface area contributed by atoms with E-state index in [1.807, 2.05) is 0 Å². The molecule has 0 unspecified atom stereocenters. The molecule has 0 aliphatic carbocycles. The minimum Gasteiger partial charge on any atom is -0.379 e. The van der Waals surface area contributed by atoms with Crippen LogP contribution < -0.4 is 10.6 Å². The van der Waals surface area contributed by atoms with Gasteiger partial charge in [-0.25, -0.2) is 4.98 Å². The van der Waals surface area contributed by atoms with E-state index in [1.54, 1.807) is 6.20 Å². The smallest absolute Gasteiger partial charge is 0.224 e. The maximum atomic E-state index is 5.59. The first kappa shape index (κ1) is 6.67. The fourth-order valence-corrected chi connectivity index (χ4v) is 1.14. The summed E-state index contributed by atoms with van der Waals surface area (Å²) in [6.45, 7) is 1.78. The molecular formula is C6H7ClN4. The lowest BCUT2D eigenvalue weighted by atomic mass is 10.4. The highest BCUT2D eigenvalue weighted by atomic mass is 35.5. The van der Waals surface area contributed by atoms with Crippen molar-refractivity contribution < 1.29 is 0 Å². The molecule has 5 heteroatoms. The maximum Gasteiger partial charge on any atom is 0.224 e. The number of hydrogen-bond acceptors (Lipinski definition) is 4. The van der Waals surface area contributed by atoms with Gasteiger partial charge in [-0.2, -0.15) is 4.98 Å². The molecule has 0 saturated carbocycles. The third-order valence-electron chi connectivity index (χ3n) is 1.49. The lowest BCUT2D eigenvalue weighted by Gasteiger charge is -2.17. The molecule has 0 spiro atoms. The maximum absolute atomic E-state index is 5.59. The fourth-order valence-electron chi connectivity index (χ4n) is 1.00. The summed E-state index contributed by atoms with van der Waals surface area (Å²) in [5.74, 6) is 0.788. The molecule has 1 aromatic rings. The van der Waals surface area contributed by atoms with Crippen LogP contribution in [0.5, 0.6) is 0 Å². The summed E-state index contributed by atoms with van der Waals surface area (Å²) < 4.78 is 0. The Hall–Kier alpha value is -1.03. The highest BCUT2D eigenvalue weighted by molar-refractivity contribution is 6.28. The largest absolute Gasteiger partial charge is 0.379 e. The van der Waals surface area contributed by atoms with Crippen LogP contribution in [-0.4, -0.2) is 23.1 Å². The first-order chi connectivity index (χ1) is 5.36. The van der Waals surface area contributed by atoms with E-state index in [-0.39, 0.29) is 5.28 Å². The van der Waals surface area contributed by atoms with Gasteiger partial charge in [-0.3, -0.25) is 0 Å². The van der Waals surface area contributed by atoms with Gasteiger partial charge in [0.15, 0.2) is 5.82 Å². The topological polar surface area (TPSA) is 49.8 Å². The molecule has 0 radical (unpaired) electrons. The molecule has 0 atom stereocenters. The van der Waals surface area contributed by atoms with Crippen molar-refractivity contribution in [3.05, 3.63) is 11.5 Å². The zero-order chi connectivity index (χ0) is 7.68. The van der Waals surface area contributed by atoms with E-state index in [0.717, 1.165) is 24.6 Å². The molecule has 0 aromatic carbocycles. The van der Waals surface area contributed by atoms with Crippen molar-refractivity contribution in [2.75, 3.05) is 23.7 Å². The first-order valence-corrected chi connectivity index (χ1v) is 3.74. The Bertz CT molecular complexity index is 275. The van der Waals surface area contributed by atoms with Crippen molar-refractivity contribution in [1.82, 2.24) is 9.97 Å². The Morgan fingerprint density at radius 1 is 1.36 bits per heavy atom. The molecule has 11 heavy (non-hydrogen) atoms. The second-order valence-electron chi connectivity index (χ2n) is 2.25. The number of nitrogens with one attached hydrogen (secondary N) is 2. The van der Waals surface area contributed by atoms with Gasteiger partial charge in [-0.1, -0.05) is 0 Å². The van der Waals surface area contributed by atoms with Gasteiger partial charge in [0, 0.05) is 13.1 Å². The van der Waals surface area contributed by atoms with Crippen LogP contribution in [0.25, 0.3) is 0 Å². The van der Waals surface area contributed by atoms with Crippen LogP contribution >= 0.6 is 11.6 Å². The summed E-state index contributed by atoms with van der Waals surface area (Å²) in [5.41, 5.74) is 0.917. The zero-order valence-electron chi connectivity index (χ0n) is 5.76. The molecule has 2 rings (SSSR count). The van der Waals surface area contributed by atoms with E-state index in [0.29, 0.717) is 0 Å². The molecule has 0 saturated heterocycles. The Morgan fingerprint density at radius 2 is 2.18 bits per heavy atom. The Morgan fingerprint density at radius 3 is 3.09 bits per heavy atom. The molecule has 4 nitrogen and oxygen atoms in total. The van der Waals surface area contributed by atoms with Gasteiger partial charge in [0.05, 0.1) is 11.9 Å². The predicted molar refractivity (Wildman–Crippen MR) is 44.0 cm³/mol. The van der Waals surface area contributed by atoms with Gasteiger partial charge in [0.25, 0.3) is 0 Å². The molecule has 1 aliphatic heterocycles. The van der Waals surface area contributed by atoms with E-state index < -0.39 is 0 Å². The van der Waals surface area contributed by atoms with Crippen molar-refractivity contribution in [2.24, 2.45) is 0 Å². The summed E-state index contributed by atoms with van der Waals surface area (Å²) in [6.07, 6.45) is 1.68. The SMILES string of the molecule is Clc1ncc2c(n1)NCCN2. The lowest BCUT2D eigenvalue weighted by Crippen LogP contribution is -2.21. The number of nitrogens with zero attached hydrogens (tertiary/aromatic N) is 2. The monoisotopic (exact) mass is 170 g/mol. The molecule has 58 valence electrons. The predicted octanol–water partition coefficient (Wildman–Crippen LogP) is 0.967. The first-order valence-electron chi connectivity index (χ1n) is 3.36. The van der Waals surface area contributed by atoms with Gasteiger partial charge in [-0.15, -0.1) is 0 Å². The standard InChI is InChI=1S/C6H7ClN4/c7-6-10-3-4-5(11-6)9-2-1-8-4/h3,8H,1-2H2,(H,9,10,11). The molecule has 0 bridgehead atoms. The Kier molecular flexibility index (Phi) is 1.54. The van der Waals surface area contributed by atoms with Crippen LogP contribution in [0.1, 0.15) is 0 Å². The van der Waals surface area contributed by atoms with Gasteiger partial charge in [0.2, 0.25) is 5.28 Å². The van der Waals surface area contributed by atoms with Crippen molar-refractivity contribution >= 4 is 23.1 Å². The quantitative estimate of drug-likeness (QED) is 0.570. The lowest BCUT2D eigenvalue weighted by molar-refractivity contribution is 0.999. The normalized spacial score (nSPS) is 14.6. The van der Waals surface area contributed by atoms with Crippen LogP contribution in [0.15, 0.2) is 6.20 Å². The third-order valence-corrected chi connectivity index (χ3v) is 1.67. The van der Waals surface area contributed by atoms with Crippen molar-refractivity contribution in [3.63, 3.8) is 0 Å². The molecule has 1 aliphatic rings. The fraction of sp³-hybridized carbons (Fsp3) is 0.333. The molecule has 2 N–H and O–H groups in total. The van der Waals surface area contributed by atoms with Gasteiger partial charge in [0.1, 0.15) is 0 Å². The average molecular weight is 171 g/mol. The van der Waals surface area contributed by atoms with Gasteiger partial charge < -0.3 is 10.6 Å². The number of aromatic nitrogens is 2. The number of rotatable bonds is 0. The zero-order valence-corrected chi connectivity index (χ0v) is 6.52. The highest BCUT2D eigenvalue weighted by Crippen LogP contribution is 2.21. The summed E-state index contributed by atoms with van der Waals surface area (Å²) in [7, 11) is 0. The number of anilines is 2. The van der Waals surface area contributed by atoms with Crippen LogP contribution in [-0.2, 0) is 0 Å². The molecule has 2 heterocycles. The molecule has 0 amide bonds. The second kappa shape index (κ2) is 2.54. The van der Waals surface area contributed by atoms with Crippen LogP contribution in [0.2, 0.25) is 5.28 Å². The third kappa shape index (κ3) is 1.21. The Balaban J connectivity index is 2.43. The Labute approximate surface area is 69.0 Å². The minimum absolute atomic E-state index is 0.278. The van der Waals surface area contributed by atoms with Gasteiger partial charge in [-0.05, 0) is 11.6 Å². The van der Waals surface area contributed by atoms with Crippen LogP contribution in [0, 0.1) is 0 Å². The van der Waals surface area contributed by atoms with Crippen molar-refractivity contribution in [1.29, 1.82) is 0 Å². The second-order valence-corrected chi connectivity index (χ2v) is 2.59. The van der Waals surface area contributed by atoms with Crippen molar-refractivity contribution in [3.8, 4) is 0 Å². The van der Waals surface area contributed by atoms with Crippen LogP contribution in [0.3, 0.4) is 0 Å². The summed E-state index contributed by atoms with van der Waals surface area (Å²) in [6, 6.07) is 0. The number of halogens is 1. The molecule has 1 aromatic heterocycles. The van der Waals surface area contributed by atoms with Crippen molar-refractivity contribution in [2.45, 2.75) is 0 Å². The average Bonchev–Trinajstić information content (AvgIpc) is 2.04. The van der Waals surface area contributed by atoms with E-state index in [9.17, 15) is 0 Å². The van der Waals surface area contributed by atoms with E-state index in [2.05, 4.69) is 20.6 Å². The van der Waals surface area contributed by atoms with Gasteiger partial charge >= 0.3 is 0 Å².